The maximum atomic E-state index is 5.48. The zero-order chi connectivity index (χ0) is 15.6. The van der Waals surface area contributed by atoms with Crippen LogP contribution in [0.4, 0.5) is 0 Å². The van der Waals surface area contributed by atoms with Crippen LogP contribution in [0.5, 0.6) is 0 Å². The van der Waals surface area contributed by atoms with E-state index >= 15 is 0 Å². The maximum Gasteiger partial charge on any atom is 0.271 e. The van der Waals surface area contributed by atoms with Crippen LogP contribution in [-0.2, 0) is 13.1 Å². The highest BCUT2D eigenvalue weighted by Gasteiger charge is 2.25. The Hall–Kier alpha value is -1.83. The lowest BCUT2D eigenvalue weighted by molar-refractivity contribution is -1.02. The van der Waals surface area contributed by atoms with E-state index in [1.165, 1.54) is 27.7 Å². The quantitative estimate of drug-likeness (QED) is 0.675. The van der Waals surface area contributed by atoms with Gasteiger partial charge in [0.15, 0.2) is 6.54 Å². The fourth-order valence-corrected chi connectivity index (χ4v) is 4.18. The molecule has 1 saturated heterocycles. The first kappa shape index (κ1) is 14.7. The molecule has 6 nitrogen and oxygen atoms in total. The minimum absolute atomic E-state index is 0.652. The van der Waals surface area contributed by atoms with E-state index in [0.29, 0.717) is 5.89 Å². The van der Waals surface area contributed by atoms with E-state index in [-0.39, 0.29) is 0 Å². The summed E-state index contributed by atoms with van der Waals surface area (Å²) in [5, 5.41) is 9.25. The number of piperazine rings is 1. The van der Waals surface area contributed by atoms with Crippen molar-refractivity contribution in [3.63, 3.8) is 0 Å². The van der Waals surface area contributed by atoms with Gasteiger partial charge in [0.2, 0.25) is 5.89 Å². The predicted octanol–water partition coefficient (Wildman–Crippen LogP) is -0.529. The molecule has 0 amide bonds. The fourth-order valence-electron chi connectivity index (χ4n) is 3.14. The summed E-state index contributed by atoms with van der Waals surface area (Å²) in [6.07, 6.45) is 0. The average molecular weight is 331 g/mol. The predicted molar refractivity (Wildman–Crippen MR) is 87.5 cm³/mol. The van der Waals surface area contributed by atoms with Gasteiger partial charge < -0.3 is 14.2 Å². The number of fused-ring (bicyclic) bond motifs is 1. The molecule has 0 atom stereocenters. The Morgan fingerprint density at radius 2 is 1.78 bits per heavy atom. The lowest BCUT2D eigenvalue weighted by Gasteiger charge is -2.28. The Kier molecular flexibility index (Phi) is 4.07. The second-order valence-corrected chi connectivity index (χ2v) is 7.26. The van der Waals surface area contributed by atoms with Gasteiger partial charge in [-0.15, -0.1) is 21.5 Å². The SMILES string of the molecule is Cc1nnc(C[NH+]2CC[NH+](Cc3nc4ccccc4s3)CC2)o1. The number of nitrogens with zero attached hydrogens (tertiary/aromatic N) is 3. The number of aromatic nitrogens is 3. The Morgan fingerprint density at radius 3 is 2.48 bits per heavy atom. The zero-order valence-electron chi connectivity index (χ0n) is 13.2. The van der Waals surface area contributed by atoms with Gasteiger partial charge in [-0.2, -0.15) is 0 Å². The van der Waals surface area contributed by atoms with Crippen LogP contribution in [0.25, 0.3) is 10.2 Å². The number of hydrogen-bond acceptors (Lipinski definition) is 5. The van der Waals surface area contributed by atoms with E-state index in [2.05, 4.69) is 34.5 Å². The van der Waals surface area contributed by atoms with Gasteiger partial charge in [-0.3, -0.25) is 0 Å². The van der Waals surface area contributed by atoms with Gasteiger partial charge in [-0.05, 0) is 12.1 Å². The van der Waals surface area contributed by atoms with Gasteiger partial charge in [-0.25, -0.2) is 4.98 Å². The van der Waals surface area contributed by atoms with Crippen molar-refractivity contribution in [2.45, 2.75) is 20.0 Å². The normalized spacial score (nSPS) is 21.8. The Bertz CT molecular complexity index is 757. The molecule has 120 valence electrons. The fraction of sp³-hybridized carbons (Fsp3) is 0.438. The number of aryl methyl sites for hydroxylation is 1. The first-order valence-electron chi connectivity index (χ1n) is 8.07. The van der Waals surface area contributed by atoms with Crippen molar-refractivity contribution in [2.24, 2.45) is 0 Å². The van der Waals surface area contributed by atoms with Crippen LogP contribution in [0, 0.1) is 6.92 Å². The van der Waals surface area contributed by atoms with Crippen molar-refractivity contribution in [1.29, 1.82) is 0 Å². The minimum atomic E-state index is 0.652. The van der Waals surface area contributed by atoms with E-state index in [0.717, 1.165) is 37.6 Å². The lowest BCUT2D eigenvalue weighted by atomic mass is 10.3. The summed E-state index contributed by atoms with van der Waals surface area (Å²) in [4.78, 5) is 7.90. The molecule has 0 aliphatic carbocycles. The van der Waals surface area contributed by atoms with Gasteiger partial charge >= 0.3 is 0 Å². The molecule has 3 aromatic rings. The van der Waals surface area contributed by atoms with E-state index < -0.39 is 0 Å². The summed E-state index contributed by atoms with van der Waals surface area (Å²) in [7, 11) is 0. The first-order chi connectivity index (χ1) is 11.3. The summed E-state index contributed by atoms with van der Waals surface area (Å²) >= 11 is 1.83. The number of hydrogen-bond donors (Lipinski definition) is 2. The van der Waals surface area contributed by atoms with Gasteiger partial charge in [-0.1, -0.05) is 12.1 Å². The van der Waals surface area contributed by atoms with Crippen molar-refractivity contribution in [3.05, 3.63) is 41.1 Å². The van der Waals surface area contributed by atoms with Crippen molar-refractivity contribution in [3.8, 4) is 0 Å². The minimum Gasteiger partial charge on any atom is -0.420 e. The van der Waals surface area contributed by atoms with Crippen LogP contribution in [0.15, 0.2) is 28.7 Å². The summed E-state index contributed by atoms with van der Waals surface area (Å²) < 4.78 is 6.77. The molecule has 1 aliphatic rings. The Balaban J connectivity index is 1.32. The first-order valence-corrected chi connectivity index (χ1v) is 8.88. The molecule has 7 heteroatoms. The highest BCUT2D eigenvalue weighted by Crippen LogP contribution is 2.20. The maximum absolute atomic E-state index is 5.48. The monoisotopic (exact) mass is 331 g/mol. The van der Waals surface area contributed by atoms with Gasteiger partial charge in [0.1, 0.15) is 37.7 Å². The summed E-state index contributed by atoms with van der Waals surface area (Å²) in [6.45, 7) is 8.33. The highest BCUT2D eigenvalue weighted by atomic mass is 32.1. The Morgan fingerprint density at radius 1 is 1.04 bits per heavy atom. The van der Waals surface area contributed by atoms with Gasteiger partial charge in [0.25, 0.3) is 5.89 Å². The third kappa shape index (κ3) is 3.41. The van der Waals surface area contributed by atoms with Crippen molar-refractivity contribution < 1.29 is 14.2 Å². The largest absolute Gasteiger partial charge is 0.420 e. The number of benzene rings is 1. The zero-order valence-corrected chi connectivity index (χ0v) is 14.0. The molecule has 0 spiro atoms. The molecule has 0 saturated carbocycles. The molecule has 4 rings (SSSR count). The second kappa shape index (κ2) is 6.35. The van der Waals surface area contributed by atoms with Gasteiger partial charge in [0.05, 0.1) is 10.2 Å². The molecule has 1 aliphatic heterocycles. The average Bonchev–Trinajstić information content (AvgIpc) is 3.14. The molecule has 23 heavy (non-hydrogen) atoms. The molecule has 2 N–H and O–H groups in total. The molecule has 1 fully saturated rings. The van der Waals surface area contributed by atoms with Crippen LogP contribution in [0.1, 0.15) is 16.8 Å². The number of thiazole rings is 1. The third-order valence-corrected chi connectivity index (χ3v) is 5.41. The standard InChI is InChI=1S/C16H19N5OS/c1-12-18-19-15(22-12)10-20-6-8-21(9-7-20)11-16-17-13-4-2-3-5-14(13)23-16/h2-5H,6-11H2,1H3/p+2. The van der Waals surface area contributed by atoms with Crippen LogP contribution >= 0.6 is 11.3 Å². The number of para-hydroxylation sites is 1. The summed E-state index contributed by atoms with van der Waals surface area (Å²) in [5.74, 6) is 1.41. The molecule has 0 radical (unpaired) electrons. The van der Waals surface area contributed by atoms with Crippen LogP contribution in [-0.4, -0.2) is 41.4 Å². The van der Waals surface area contributed by atoms with Crippen molar-refractivity contribution in [2.75, 3.05) is 26.2 Å². The number of nitrogens with one attached hydrogen (secondary N) is 2. The molecular formula is C16H21N5OS+2. The second-order valence-electron chi connectivity index (χ2n) is 6.14. The van der Waals surface area contributed by atoms with E-state index in [1.54, 1.807) is 4.90 Å². The molecule has 3 heterocycles. The van der Waals surface area contributed by atoms with Gasteiger partial charge in [0, 0.05) is 6.92 Å². The topological polar surface area (TPSA) is 60.7 Å². The van der Waals surface area contributed by atoms with Crippen LogP contribution in [0.2, 0.25) is 0 Å². The summed E-state index contributed by atoms with van der Waals surface area (Å²) in [5.41, 5.74) is 1.13. The molecule has 2 aromatic heterocycles. The molecule has 0 unspecified atom stereocenters. The van der Waals surface area contributed by atoms with E-state index in [1.807, 2.05) is 18.3 Å². The molecule has 0 bridgehead atoms. The smallest absolute Gasteiger partial charge is 0.271 e. The van der Waals surface area contributed by atoms with Crippen molar-refractivity contribution in [1.82, 2.24) is 15.2 Å². The van der Waals surface area contributed by atoms with Crippen LogP contribution < -0.4 is 9.80 Å². The molecular weight excluding hydrogens is 310 g/mol. The highest BCUT2D eigenvalue weighted by molar-refractivity contribution is 7.18. The number of quaternary nitrogens is 2. The lowest BCUT2D eigenvalue weighted by Crippen LogP contribution is -3.27. The van der Waals surface area contributed by atoms with E-state index in [9.17, 15) is 0 Å². The van der Waals surface area contributed by atoms with E-state index in [4.69, 9.17) is 9.40 Å². The molecule has 1 aromatic carbocycles. The Labute approximate surface area is 138 Å². The van der Waals surface area contributed by atoms with Crippen LogP contribution in [0.3, 0.4) is 0 Å². The summed E-state index contributed by atoms with van der Waals surface area (Å²) in [6, 6.07) is 8.39. The third-order valence-electron chi connectivity index (χ3n) is 4.37. The van der Waals surface area contributed by atoms with Crippen molar-refractivity contribution >= 4 is 21.6 Å². The number of rotatable bonds is 4.